The van der Waals surface area contributed by atoms with Crippen LogP contribution in [-0.4, -0.2) is 71.9 Å². The standard InChI is InChI=1S/C33H44FN3O2/c1-24(2)36-19-15-33(34,16-20-36)23-35-17-13-27(14-18-35)22-37-25(3)30(29-7-5-6-8-31(29)37)21-26-9-11-28(12-10-26)32(38)39-4/h5-12,24,27H,13-23H2,1-4H3. The summed E-state index contributed by atoms with van der Waals surface area (Å²) in [6.45, 7) is 12.0. The van der Waals surface area contributed by atoms with Crippen LogP contribution in [0.25, 0.3) is 10.9 Å². The van der Waals surface area contributed by atoms with E-state index in [1.54, 1.807) is 0 Å². The summed E-state index contributed by atoms with van der Waals surface area (Å²) in [6.07, 6.45) is 4.38. The molecule has 2 aliphatic heterocycles. The van der Waals surface area contributed by atoms with Gasteiger partial charge in [-0.15, -0.1) is 0 Å². The molecule has 0 atom stereocenters. The second-order valence-corrected chi connectivity index (χ2v) is 12.1. The second kappa shape index (κ2) is 11.8. The smallest absolute Gasteiger partial charge is 0.337 e. The zero-order valence-corrected chi connectivity index (χ0v) is 24.1. The SMILES string of the molecule is COC(=O)c1ccc(Cc2c(C)n(CC3CCN(CC4(F)CCN(C(C)C)CC4)CC3)c3ccccc23)cc1. The van der Waals surface area contributed by atoms with Gasteiger partial charge in [-0.2, -0.15) is 0 Å². The highest BCUT2D eigenvalue weighted by Gasteiger charge is 2.37. The number of para-hydroxylation sites is 1. The van der Waals surface area contributed by atoms with Crippen LogP contribution in [0.4, 0.5) is 4.39 Å². The summed E-state index contributed by atoms with van der Waals surface area (Å²) in [7, 11) is 1.41. The first kappa shape index (κ1) is 27.9. The number of fused-ring (bicyclic) bond motifs is 1. The average Bonchev–Trinajstić information content (AvgIpc) is 3.20. The monoisotopic (exact) mass is 533 g/mol. The van der Waals surface area contributed by atoms with Crippen LogP contribution >= 0.6 is 0 Å². The van der Waals surface area contributed by atoms with Gasteiger partial charge in [-0.05, 0) is 101 Å². The van der Waals surface area contributed by atoms with Gasteiger partial charge in [0.2, 0.25) is 0 Å². The quantitative estimate of drug-likeness (QED) is 0.321. The van der Waals surface area contributed by atoms with E-state index in [1.807, 2.05) is 24.3 Å². The molecule has 39 heavy (non-hydrogen) atoms. The lowest BCUT2D eigenvalue weighted by Gasteiger charge is -2.42. The molecule has 2 aliphatic rings. The van der Waals surface area contributed by atoms with Crippen LogP contribution < -0.4 is 0 Å². The number of halogens is 1. The maximum Gasteiger partial charge on any atom is 0.337 e. The Kier molecular flexibility index (Phi) is 8.43. The van der Waals surface area contributed by atoms with Gasteiger partial charge in [0, 0.05) is 48.8 Å². The Balaban J connectivity index is 1.23. The number of ether oxygens (including phenoxy) is 1. The number of hydrogen-bond acceptors (Lipinski definition) is 4. The number of alkyl halides is 1. The molecule has 0 N–H and O–H groups in total. The molecule has 5 rings (SSSR count). The van der Waals surface area contributed by atoms with E-state index in [2.05, 4.69) is 59.4 Å². The maximum absolute atomic E-state index is 15.6. The lowest BCUT2D eigenvalue weighted by molar-refractivity contribution is 0.00673. The van der Waals surface area contributed by atoms with Gasteiger partial charge >= 0.3 is 5.97 Å². The lowest BCUT2D eigenvalue weighted by Crippen LogP contribution is -2.51. The van der Waals surface area contributed by atoms with Crippen LogP contribution in [0.1, 0.15) is 66.7 Å². The van der Waals surface area contributed by atoms with Crippen LogP contribution in [0.15, 0.2) is 48.5 Å². The van der Waals surface area contributed by atoms with E-state index in [0.29, 0.717) is 36.9 Å². The van der Waals surface area contributed by atoms with Gasteiger partial charge in [0.1, 0.15) is 5.67 Å². The third-order valence-electron chi connectivity index (χ3n) is 9.20. The minimum absolute atomic E-state index is 0.307. The van der Waals surface area contributed by atoms with Crippen molar-refractivity contribution in [2.24, 2.45) is 5.92 Å². The van der Waals surface area contributed by atoms with E-state index in [-0.39, 0.29) is 5.97 Å². The van der Waals surface area contributed by atoms with Crippen molar-refractivity contribution in [1.82, 2.24) is 14.4 Å². The molecule has 0 radical (unpaired) electrons. The molecule has 3 aromatic rings. The van der Waals surface area contributed by atoms with Crippen LogP contribution in [-0.2, 0) is 17.7 Å². The van der Waals surface area contributed by atoms with Crippen LogP contribution in [0.5, 0.6) is 0 Å². The predicted molar refractivity (Wildman–Crippen MR) is 156 cm³/mol. The molecular formula is C33H44FN3O2. The van der Waals surface area contributed by atoms with E-state index >= 15 is 4.39 Å². The highest BCUT2D eigenvalue weighted by molar-refractivity contribution is 5.89. The number of rotatable bonds is 8. The van der Waals surface area contributed by atoms with Crippen LogP contribution in [0, 0.1) is 12.8 Å². The molecule has 2 aromatic carbocycles. The summed E-state index contributed by atoms with van der Waals surface area (Å²) in [5.41, 5.74) is 4.68. The van der Waals surface area contributed by atoms with Gasteiger partial charge in [0.25, 0.3) is 0 Å². The van der Waals surface area contributed by atoms with E-state index in [1.165, 1.54) is 34.8 Å². The number of hydrogen-bond donors (Lipinski definition) is 0. The first-order chi connectivity index (χ1) is 18.8. The zero-order valence-electron chi connectivity index (χ0n) is 24.1. The van der Waals surface area contributed by atoms with Crippen LogP contribution in [0.2, 0.25) is 0 Å². The molecule has 1 aromatic heterocycles. The van der Waals surface area contributed by atoms with E-state index in [0.717, 1.165) is 52.0 Å². The number of likely N-dealkylation sites (tertiary alicyclic amines) is 2. The van der Waals surface area contributed by atoms with Crippen molar-refractivity contribution in [3.8, 4) is 0 Å². The van der Waals surface area contributed by atoms with Crippen molar-refractivity contribution in [3.63, 3.8) is 0 Å². The minimum Gasteiger partial charge on any atom is -0.465 e. The number of carbonyl (C=O) groups excluding carboxylic acids is 1. The predicted octanol–water partition coefficient (Wildman–Crippen LogP) is 6.25. The van der Waals surface area contributed by atoms with E-state index < -0.39 is 5.67 Å². The van der Waals surface area contributed by atoms with Crippen molar-refractivity contribution in [2.75, 3.05) is 39.8 Å². The second-order valence-electron chi connectivity index (χ2n) is 12.1. The highest BCUT2D eigenvalue weighted by atomic mass is 19.1. The summed E-state index contributed by atoms with van der Waals surface area (Å²) in [4.78, 5) is 16.6. The number of nitrogens with zero attached hydrogens (tertiary/aromatic N) is 3. The molecule has 6 heteroatoms. The van der Waals surface area contributed by atoms with Crippen molar-refractivity contribution < 1.29 is 13.9 Å². The van der Waals surface area contributed by atoms with Gasteiger partial charge < -0.3 is 19.1 Å². The van der Waals surface area contributed by atoms with Crippen molar-refractivity contribution in [1.29, 1.82) is 0 Å². The number of aromatic nitrogens is 1. The number of esters is 1. The molecular weight excluding hydrogens is 489 g/mol. The fourth-order valence-corrected chi connectivity index (χ4v) is 6.63. The fourth-order valence-electron chi connectivity index (χ4n) is 6.63. The van der Waals surface area contributed by atoms with Crippen molar-refractivity contribution in [3.05, 3.63) is 70.9 Å². The number of methoxy groups -OCH3 is 1. The Labute approximate surface area is 232 Å². The lowest BCUT2D eigenvalue weighted by atomic mass is 9.90. The molecule has 2 fully saturated rings. The Morgan fingerprint density at radius 2 is 1.69 bits per heavy atom. The summed E-state index contributed by atoms with van der Waals surface area (Å²) in [6, 6.07) is 17.0. The fraction of sp³-hybridized carbons (Fsp3) is 0.545. The van der Waals surface area contributed by atoms with Crippen molar-refractivity contribution in [2.45, 2.75) is 71.1 Å². The molecule has 0 bridgehead atoms. The van der Waals surface area contributed by atoms with Crippen molar-refractivity contribution >= 4 is 16.9 Å². The van der Waals surface area contributed by atoms with Gasteiger partial charge in [-0.25, -0.2) is 9.18 Å². The normalized spacial score (nSPS) is 19.1. The Hall–Kier alpha value is -2.70. The average molecular weight is 534 g/mol. The molecule has 5 nitrogen and oxygen atoms in total. The number of piperidine rings is 2. The molecule has 0 saturated carbocycles. The van der Waals surface area contributed by atoms with E-state index in [9.17, 15) is 4.79 Å². The zero-order chi connectivity index (χ0) is 27.6. The van der Waals surface area contributed by atoms with Gasteiger partial charge in [-0.3, -0.25) is 0 Å². The topological polar surface area (TPSA) is 37.7 Å². The van der Waals surface area contributed by atoms with Gasteiger partial charge in [0.15, 0.2) is 0 Å². The molecule has 0 amide bonds. The van der Waals surface area contributed by atoms with Gasteiger partial charge in [0.05, 0.1) is 12.7 Å². The molecule has 0 spiro atoms. The van der Waals surface area contributed by atoms with Crippen LogP contribution in [0.3, 0.4) is 0 Å². The molecule has 2 saturated heterocycles. The first-order valence-electron chi connectivity index (χ1n) is 14.7. The first-order valence-corrected chi connectivity index (χ1v) is 14.7. The number of benzene rings is 2. The summed E-state index contributed by atoms with van der Waals surface area (Å²) in [5.74, 6) is 0.292. The van der Waals surface area contributed by atoms with Gasteiger partial charge in [-0.1, -0.05) is 30.3 Å². The number of carbonyl (C=O) groups is 1. The Bertz CT molecular complexity index is 1270. The molecule has 0 aliphatic carbocycles. The highest BCUT2D eigenvalue weighted by Crippen LogP contribution is 2.33. The Morgan fingerprint density at radius 3 is 2.33 bits per heavy atom. The third-order valence-corrected chi connectivity index (χ3v) is 9.20. The Morgan fingerprint density at radius 1 is 1.03 bits per heavy atom. The molecule has 0 unspecified atom stereocenters. The summed E-state index contributed by atoms with van der Waals surface area (Å²) in [5, 5.41) is 1.30. The molecule has 210 valence electrons. The molecule has 3 heterocycles. The minimum atomic E-state index is -1.03. The largest absolute Gasteiger partial charge is 0.465 e. The summed E-state index contributed by atoms with van der Waals surface area (Å²) >= 11 is 0. The summed E-state index contributed by atoms with van der Waals surface area (Å²) < 4.78 is 23.0. The maximum atomic E-state index is 15.6. The van der Waals surface area contributed by atoms with E-state index in [4.69, 9.17) is 4.74 Å². The third kappa shape index (κ3) is 6.22.